The van der Waals surface area contributed by atoms with Crippen LogP contribution in [0.3, 0.4) is 0 Å². The summed E-state index contributed by atoms with van der Waals surface area (Å²) in [5, 5.41) is 0.868. The second-order valence-electron chi connectivity index (χ2n) is 5.45. The van der Waals surface area contributed by atoms with E-state index in [1.54, 1.807) is 0 Å². The van der Waals surface area contributed by atoms with Crippen LogP contribution in [0.5, 0.6) is 0 Å². The average Bonchev–Trinajstić information content (AvgIpc) is 2.38. The van der Waals surface area contributed by atoms with Gasteiger partial charge in [-0.1, -0.05) is 29.8 Å². The van der Waals surface area contributed by atoms with Crippen molar-refractivity contribution in [3.8, 4) is 0 Å². The largest absolute Gasteiger partial charge is 0.328 e. The minimum absolute atomic E-state index is 0. The van der Waals surface area contributed by atoms with Crippen molar-refractivity contribution in [2.45, 2.75) is 38.8 Å². The highest BCUT2D eigenvalue weighted by Gasteiger charge is 2.26. The predicted molar refractivity (Wildman–Crippen MR) is 85.1 cm³/mol. The van der Waals surface area contributed by atoms with E-state index in [1.165, 1.54) is 18.4 Å². The summed E-state index contributed by atoms with van der Waals surface area (Å²) in [6.45, 7) is 6.60. The molecular weight excluding hydrogens is 279 g/mol. The lowest BCUT2D eigenvalue weighted by atomic mass is 9.90. The van der Waals surface area contributed by atoms with Crippen LogP contribution in [0, 0.1) is 5.92 Å². The first-order valence-corrected chi connectivity index (χ1v) is 7.21. The fourth-order valence-electron chi connectivity index (χ4n) is 2.83. The summed E-state index contributed by atoms with van der Waals surface area (Å²) in [4.78, 5) is 2.51. The van der Waals surface area contributed by atoms with Gasteiger partial charge in [0.2, 0.25) is 0 Å². The predicted octanol–water partition coefficient (Wildman–Crippen LogP) is 3.88. The number of nitrogens with two attached hydrogens (primary N) is 1. The van der Waals surface area contributed by atoms with E-state index in [0.717, 1.165) is 18.1 Å². The minimum Gasteiger partial charge on any atom is -0.328 e. The molecule has 108 valence electrons. The van der Waals surface area contributed by atoms with Crippen molar-refractivity contribution in [1.82, 2.24) is 4.90 Å². The lowest BCUT2D eigenvalue weighted by Gasteiger charge is -2.38. The third-order valence-electron chi connectivity index (χ3n) is 4.14. The summed E-state index contributed by atoms with van der Waals surface area (Å²) in [5.41, 5.74) is 7.27. The van der Waals surface area contributed by atoms with Crippen LogP contribution in [0.4, 0.5) is 0 Å². The molecule has 1 aromatic carbocycles. The molecule has 4 heteroatoms. The third kappa shape index (κ3) is 4.09. The molecule has 1 aromatic rings. The topological polar surface area (TPSA) is 29.3 Å². The lowest BCUT2D eigenvalue weighted by molar-refractivity contribution is 0.121. The zero-order valence-corrected chi connectivity index (χ0v) is 13.3. The minimum atomic E-state index is 0. The molecule has 1 fully saturated rings. The molecule has 1 heterocycles. The lowest BCUT2D eigenvalue weighted by Crippen LogP contribution is -2.43. The summed E-state index contributed by atoms with van der Waals surface area (Å²) >= 11 is 6.29. The Labute approximate surface area is 127 Å². The molecule has 0 bridgehead atoms. The Morgan fingerprint density at radius 3 is 2.63 bits per heavy atom. The molecule has 1 saturated heterocycles. The van der Waals surface area contributed by atoms with Gasteiger partial charge in [-0.25, -0.2) is 0 Å². The van der Waals surface area contributed by atoms with Crippen molar-refractivity contribution in [3.05, 3.63) is 34.9 Å². The first-order chi connectivity index (χ1) is 8.59. The maximum absolute atomic E-state index is 6.29. The Bertz CT molecular complexity index is 395. The fourth-order valence-corrected chi connectivity index (χ4v) is 3.13. The van der Waals surface area contributed by atoms with Crippen LogP contribution >= 0.6 is 24.0 Å². The van der Waals surface area contributed by atoms with Crippen molar-refractivity contribution in [2.24, 2.45) is 11.7 Å². The zero-order chi connectivity index (χ0) is 13.1. The molecule has 19 heavy (non-hydrogen) atoms. The molecule has 1 aliphatic heterocycles. The van der Waals surface area contributed by atoms with Gasteiger partial charge in [0.05, 0.1) is 0 Å². The SMILES string of the molecule is CC(N)C1CCCN(C(C)c2ccccc2Cl)C1.Cl. The highest BCUT2D eigenvalue weighted by Crippen LogP contribution is 2.31. The smallest absolute Gasteiger partial charge is 0.0453 e. The molecule has 2 rings (SSSR count). The van der Waals surface area contributed by atoms with Crippen molar-refractivity contribution < 1.29 is 0 Å². The first kappa shape index (κ1) is 16.8. The quantitative estimate of drug-likeness (QED) is 0.918. The number of benzene rings is 1. The average molecular weight is 303 g/mol. The maximum Gasteiger partial charge on any atom is 0.0453 e. The van der Waals surface area contributed by atoms with Gasteiger partial charge >= 0.3 is 0 Å². The number of likely N-dealkylation sites (tertiary alicyclic amines) is 1. The number of hydrogen-bond acceptors (Lipinski definition) is 2. The Morgan fingerprint density at radius 2 is 2.00 bits per heavy atom. The Hall–Kier alpha value is -0.280. The van der Waals surface area contributed by atoms with Gasteiger partial charge in [-0.3, -0.25) is 4.90 Å². The Kier molecular flexibility index (Phi) is 6.61. The number of halogens is 2. The molecule has 3 atom stereocenters. The molecule has 0 spiro atoms. The first-order valence-electron chi connectivity index (χ1n) is 6.83. The highest BCUT2D eigenvalue weighted by atomic mass is 35.5. The maximum atomic E-state index is 6.29. The van der Waals surface area contributed by atoms with E-state index >= 15 is 0 Å². The second-order valence-corrected chi connectivity index (χ2v) is 5.86. The number of nitrogens with zero attached hydrogens (tertiary/aromatic N) is 1. The Balaban J connectivity index is 0.00000180. The molecule has 0 aliphatic carbocycles. The summed E-state index contributed by atoms with van der Waals surface area (Å²) in [6.07, 6.45) is 2.49. The fraction of sp³-hybridized carbons (Fsp3) is 0.600. The zero-order valence-electron chi connectivity index (χ0n) is 11.7. The van der Waals surface area contributed by atoms with E-state index < -0.39 is 0 Å². The highest BCUT2D eigenvalue weighted by molar-refractivity contribution is 6.31. The van der Waals surface area contributed by atoms with Gasteiger partial charge in [-0.2, -0.15) is 0 Å². The van der Waals surface area contributed by atoms with Crippen molar-refractivity contribution >= 4 is 24.0 Å². The molecule has 3 unspecified atom stereocenters. The van der Waals surface area contributed by atoms with E-state index in [9.17, 15) is 0 Å². The molecule has 0 aromatic heterocycles. The molecule has 0 radical (unpaired) electrons. The van der Waals surface area contributed by atoms with Crippen LogP contribution in [-0.2, 0) is 0 Å². The van der Waals surface area contributed by atoms with E-state index in [-0.39, 0.29) is 18.4 Å². The van der Waals surface area contributed by atoms with Gasteiger partial charge in [-0.05, 0) is 50.8 Å². The van der Waals surface area contributed by atoms with E-state index in [0.29, 0.717) is 12.0 Å². The van der Waals surface area contributed by atoms with Crippen LogP contribution in [0.25, 0.3) is 0 Å². The summed E-state index contributed by atoms with van der Waals surface area (Å²) in [6, 6.07) is 8.80. The molecule has 0 amide bonds. The summed E-state index contributed by atoms with van der Waals surface area (Å²) in [5.74, 6) is 0.615. The standard InChI is InChI=1S/C15H23ClN2.ClH/c1-11(17)13-6-5-9-18(10-13)12(2)14-7-3-4-8-15(14)16;/h3-4,7-8,11-13H,5-6,9-10,17H2,1-2H3;1H. The molecule has 2 nitrogen and oxygen atoms in total. The van der Waals surface area contributed by atoms with Gasteiger partial charge in [0.25, 0.3) is 0 Å². The van der Waals surface area contributed by atoms with E-state index in [2.05, 4.69) is 30.9 Å². The van der Waals surface area contributed by atoms with Crippen molar-refractivity contribution in [1.29, 1.82) is 0 Å². The van der Waals surface area contributed by atoms with Crippen molar-refractivity contribution in [3.63, 3.8) is 0 Å². The molecule has 1 aliphatic rings. The molecule has 2 N–H and O–H groups in total. The van der Waals surface area contributed by atoms with Crippen LogP contribution in [0.1, 0.15) is 38.3 Å². The van der Waals surface area contributed by atoms with Crippen LogP contribution in [0.15, 0.2) is 24.3 Å². The van der Waals surface area contributed by atoms with Crippen LogP contribution < -0.4 is 5.73 Å². The van der Waals surface area contributed by atoms with Gasteiger partial charge in [-0.15, -0.1) is 12.4 Å². The summed E-state index contributed by atoms with van der Waals surface area (Å²) in [7, 11) is 0. The monoisotopic (exact) mass is 302 g/mol. The normalized spacial score (nSPS) is 23.5. The van der Waals surface area contributed by atoms with Crippen LogP contribution in [-0.4, -0.2) is 24.0 Å². The van der Waals surface area contributed by atoms with Gasteiger partial charge in [0, 0.05) is 23.7 Å². The van der Waals surface area contributed by atoms with Crippen molar-refractivity contribution in [2.75, 3.05) is 13.1 Å². The molecular formula is C15H24Cl2N2. The third-order valence-corrected chi connectivity index (χ3v) is 4.48. The number of piperidine rings is 1. The summed E-state index contributed by atoms with van der Waals surface area (Å²) < 4.78 is 0. The number of rotatable bonds is 3. The second kappa shape index (κ2) is 7.49. The van der Waals surface area contributed by atoms with Gasteiger partial charge in [0.1, 0.15) is 0 Å². The number of hydrogen-bond donors (Lipinski definition) is 1. The van der Waals surface area contributed by atoms with E-state index in [1.807, 2.05) is 12.1 Å². The van der Waals surface area contributed by atoms with Gasteiger partial charge in [0.15, 0.2) is 0 Å². The van der Waals surface area contributed by atoms with Crippen LogP contribution in [0.2, 0.25) is 5.02 Å². The Morgan fingerprint density at radius 1 is 1.32 bits per heavy atom. The van der Waals surface area contributed by atoms with E-state index in [4.69, 9.17) is 17.3 Å². The molecule has 0 saturated carbocycles. The van der Waals surface area contributed by atoms with Gasteiger partial charge < -0.3 is 5.73 Å².